The highest BCUT2D eigenvalue weighted by Gasteiger charge is 2.35. The van der Waals surface area contributed by atoms with E-state index in [1.165, 1.54) is 35.2 Å². The van der Waals surface area contributed by atoms with E-state index >= 15 is 4.39 Å². The number of anilines is 1. The van der Waals surface area contributed by atoms with Gasteiger partial charge in [-0.15, -0.1) is 0 Å². The van der Waals surface area contributed by atoms with Crippen LogP contribution in [0.2, 0.25) is 0 Å². The molecule has 0 heterocycles. The van der Waals surface area contributed by atoms with Gasteiger partial charge in [0.05, 0.1) is 10.6 Å². The Kier molecular flexibility index (Phi) is 10.4. The molecule has 1 N–H and O–H groups in total. The molecule has 0 saturated heterocycles. The van der Waals surface area contributed by atoms with Crippen molar-refractivity contribution in [3.8, 4) is 0 Å². The minimum Gasteiger partial charge on any atom is -0.354 e. The number of amides is 2. The van der Waals surface area contributed by atoms with E-state index in [2.05, 4.69) is 5.32 Å². The van der Waals surface area contributed by atoms with Gasteiger partial charge in [-0.05, 0) is 41.8 Å². The third kappa shape index (κ3) is 7.61. The Bertz CT molecular complexity index is 1570. The zero-order valence-electron chi connectivity index (χ0n) is 23.4. The summed E-state index contributed by atoms with van der Waals surface area (Å²) in [5, 5.41) is 2.90. The van der Waals surface area contributed by atoms with Gasteiger partial charge in [0.1, 0.15) is 18.4 Å². The van der Waals surface area contributed by atoms with Crippen molar-refractivity contribution in [2.45, 2.75) is 37.2 Å². The molecule has 218 valence electrons. The van der Waals surface area contributed by atoms with Crippen molar-refractivity contribution in [3.05, 3.63) is 132 Å². The Balaban J connectivity index is 1.78. The fourth-order valence-electron chi connectivity index (χ4n) is 4.59. The van der Waals surface area contributed by atoms with Crippen LogP contribution in [0.5, 0.6) is 0 Å². The number of halogens is 1. The van der Waals surface area contributed by atoms with Crippen LogP contribution in [0, 0.1) is 5.82 Å². The first-order chi connectivity index (χ1) is 20.3. The van der Waals surface area contributed by atoms with Crippen molar-refractivity contribution < 1.29 is 22.4 Å². The molecule has 4 aromatic rings. The SMILES string of the molecule is CCCNC(=O)[C@@H](Cc1ccccc1)N(Cc1ccccc1)C(=O)CN(c1ccccc1F)S(=O)(=O)c1ccccc1. The summed E-state index contributed by atoms with van der Waals surface area (Å²) in [6, 6.07) is 30.5. The Morgan fingerprint density at radius 1 is 0.786 bits per heavy atom. The number of benzene rings is 4. The fraction of sp³-hybridized carbons (Fsp3) is 0.212. The summed E-state index contributed by atoms with van der Waals surface area (Å²) in [5.74, 6) is -1.79. The minimum absolute atomic E-state index is 0.0488. The van der Waals surface area contributed by atoms with Crippen LogP contribution >= 0.6 is 0 Å². The van der Waals surface area contributed by atoms with Gasteiger partial charge in [0, 0.05) is 19.5 Å². The number of nitrogens with one attached hydrogen (secondary N) is 1. The van der Waals surface area contributed by atoms with Gasteiger partial charge in [0.2, 0.25) is 11.8 Å². The first-order valence-electron chi connectivity index (χ1n) is 13.8. The first kappa shape index (κ1) is 30.5. The zero-order chi connectivity index (χ0) is 30.0. The molecule has 0 aliphatic carbocycles. The summed E-state index contributed by atoms with van der Waals surface area (Å²) in [5.41, 5.74) is 1.34. The smallest absolute Gasteiger partial charge is 0.264 e. The van der Waals surface area contributed by atoms with Gasteiger partial charge < -0.3 is 10.2 Å². The zero-order valence-corrected chi connectivity index (χ0v) is 24.2. The van der Waals surface area contributed by atoms with Gasteiger partial charge in [-0.3, -0.25) is 13.9 Å². The molecule has 42 heavy (non-hydrogen) atoms. The molecule has 0 aliphatic heterocycles. The highest BCUT2D eigenvalue weighted by molar-refractivity contribution is 7.92. The van der Waals surface area contributed by atoms with Gasteiger partial charge in [-0.25, -0.2) is 12.8 Å². The summed E-state index contributed by atoms with van der Waals surface area (Å²) in [7, 11) is -4.35. The lowest BCUT2D eigenvalue weighted by atomic mass is 10.0. The maximum atomic E-state index is 15.1. The van der Waals surface area contributed by atoms with Crippen molar-refractivity contribution in [2.24, 2.45) is 0 Å². The Labute approximate surface area is 246 Å². The first-order valence-corrected chi connectivity index (χ1v) is 15.2. The van der Waals surface area contributed by atoms with Crippen LogP contribution in [-0.2, 0) is 32.6 Å². The van der Waals surface area contributed by atoms with Crippen LogP contribution in [0.1, 0.15) is 24.5 Å². The quantitative estimate of drug-likeness (QED) is 0.233. The molecule has 4 aromatic carbocycles. The topological polar surface area (TPSA) is 86.8 Å². The molecule has 9 heteroatoms. The van der Waals surface area contributed by atoms with E-state index in [4.69, 9.17) is 0 Å². The molecule has 4 rings (SSSR count). The monoisotopic (exact) mass is 587 g/mol. The molecule has 2 amide bonds. The second-order valence-electron chi connectivity index (χ2n) is 9.78. The lowest BCUT2D eigenvalue weighted by Crippen LogP contribution is -2.53. The van der Waals surface area contributed by atoms with E-state index < -0.39 is 34.3 Å². The van der Waals surface area contributed by atoms with Gasteiger partial charge in [-0.2, -0.15) is 0 Å². The molecule has 0 aliphatic rings. The lowest BCUT2D eigenvalue weighted by molar-refractivity contribution is -0.140. The average Bonchev–Trinajstić information content (AvgIpc) is 3.02. The highest BCUT2D eigenvalue weighted by Crippen LogP contribution is 2.27. The van der Waals surface area contributed by atoms with Crippen LogP contribution in [0.4, 0.5) is 10.1 Å². The predicted octanol–water partition coefficient (Wildman–Crippen LogP) is 5.19. The van der Waals surface area contributed by atoms with Crippen LogP contribution in [-0.4, -0.2) is 44.3 Å². The number of para-hydroxylation sites is 1. The normalized spacial score (nSPS) is 11.9. The summed E-state index contributed by atoms with van der Waals surface area (Å²) < 4.78 is 43.6. The molecular weight excluding hydrogens is 553 g/mol. The number of carbonyl (C=O) groups is 2. The molecule has 0 bridgehead atoms. The summed E-state index contributed by atoms with van der Waals surface area (Å²) in [6.07, 6.45) is 0.910. The van der Waals surface area contributed by atoms with Gasteiger partial charge >= 0.3 is 0 Å². The van der Waals surface area contributed by atoms with Crippen LogP contribution in [0.15, 0.2) is 120 Å². The third-order valence-corrected chi connectivity index (χ3v) is 8.52. The molecule has 0 radical (unpaired) electrons. The lowest BCUT2D eigenvalue weighted by Gasteiger charge is -2.34. The second kappa shape index (κ2) is 14.4. The van der Waals surface area contributed by atoms with E-state index in [-0.39, 0.29) is 29.5 Å². The van der Waals surface area contributed by atoms with Gasteiger partial charge in [-0.1, -0.05) is 97.9 Å². The molecule has 7 nitrogen and oxygen atoms in total. The van der Waals surface area contributed by atoms with Crippen molar-refractivity contribution in [1.29, 1.82) is 0 Å². The van der Waals surface area contributed by atoms with E-state index in [9.17, 15) is 18.0 Å². The van der Waals surface area contributed by atoms with Crippen molar-refractivity contribution in [2.75, 3.05) is 17.4 Å². The number of hydrogen-bond acceptors (Lipinski definition) is 4. The van der Waals surface area contributed by atoms with Crippen LogP contribution in [0.25, 0.3) is 0 Å². The third-order valence-electron chi connectivity index (χ3n) is 6.75. The molecule has 0 unspecified atom stereocenters. The fourth-order valence-corrected chi connectivity index (χ4v) is 6.03. The van der Waals surface area contributed by atoms with Crippen LogP contribution in [0.3, 0.4) is 0 Å². The van der Waals surface area contributed by atoms with E-state index in [1.807, 2.05) is 67.6 Å². The van der Waals surface area contributed by atoms with Crippen molar-refractivity contribution in [3.63, 3.8) is 0 Å². The van der Waals surface area contributed by atoms with Gasteiger partial charge in [0.15, 0.2) is 0 Å². The molecular formula is C33H34FN3O4S. The number of sulfonamides is 1. The van der Waals surface area contributed by atoms with Crippen LogP contribution < -0.4 is 9.62 Å². The predicted molar refractivity (Wildman–Crippen MR) is 162 cm³/mol. The standard InChI is InChI=1S/C33H34FN3O4S/c1-2-22-35-33(39)31(23-26-14-6-3-7-15-26)36(24-27-16-8-4-9-17-27)32(38)25-37(30-21-13-12-20-29(30)34)42(40,41)28-18-10-5-11-19-28/h3-21,31H,2,22-25H2,1H3,(H,35,39)/t31-/m1/s1. The molecule has 0 fully saturated rings. The summed E-state index contributed by atoms with van der Waals surface area (Å²) in [6.45, 7) is 1.69. The molecule has 0 saturated carbocycles. The van der Waals surface area contributed by atoms with Gasteiger partial charge in [0.25, 0.3) is 10.0 Å². The highest BCUT2D eigenvalue weighted by atomic mass is 32.2. The average molecular weight is 588 g/mol. The Morgan fingerprint density at radius 2 is 1.33 bits per heavy atom. The Hall–Kier alpha value is -4.50. The summed E-state index contributed by atoms with van der Waals surface area (Å²) >= 11 is 0. The largest absolute Gasteiger partial charge is 0.354 e. The maximum Gasteiger partial charge on any atom is 0.264 e. The number of rotatable bonds is 13. The Morgan fingerprint density at radius 3 is 1.93 bits per heavy atom. The van der Waals surface area contributed by atoms with Crippen molar-refractivity contribution in [1.82, 2.24) is 10.2 Å². The number of hydrogen-bond donors (Lipinski definition) is 1. The number of carbonyl (C=O) groups excluding carboxylic acids is 2. The van der Waals surface area contributed by atoms with E-state index in [0.29, 0.717) is 13.0 Å². The molecule has 1 atom stereocenters. The molecule has 0 spiro atoms. The second-order valence-corrected chi connectivity index (χ2v) is 11.6. The van der Waals surface area contributed by atoms with E-state index in [0.717, 1.165) is 21.5 Å². The van der Waals surface area contributed by atoms with E-state index in [1.54, 1.807) is 18.2 Å². The maximum absolute atomic E-state index is 15.1. The van der Waals surface area contributed by atoms with Crippen molar-refractivity contribution >= 4 is 27.5 Å². The minimum atomic E-state index is -4.35. The summed E-state index contributed by atoms with van der Waals surface area (Å²) in [4.78, 5) is 29.1. The molecule has 0 aromatic heterocycles. The number of nitrogens with zero attached hydrogens (tertiary/aromatic N) is 2.